The number of carbonyl (C=O) groups is 1. The molecule has 1 heterocycles. The highest BCUT2D eigenvalue weighted by Gasteiger charge is 2.23. The second kappa shape index (κ2) is 6.35. The Bertz CT molecular complexity index is 797. The fourth-order valence-electron chi connectivity index (χ4n) is 4.08. The van der Waals surface area contributed by atoms with Crippen molar-refractivity contribution < 1.29 is 4.79 Å². The van der Waals surface area contributed by atoms with Crippen LogP contribution in [0.25, 0.3) is 0 Å². The molecule has 2 nitrogen and oxygen atoms in total. The minimum absolute atomic E-state index is 0.278. The van der Waals surface area contributed by atoms with Crippen LogP contribution in [-0.4, -0.2) is 12.0 Å². The van der Waals surface area contributed by atoms with Crippen LogP contribution in [0.4, 0.5) is 5.69 Å². The summed E-state index contributed by atoms with van der Waals surface area (Å²) >= 11 is 0. The second-order valence-corrected chi connectivity index (χ2v) is 7.19. The van der Waals surface area contributed by atoms with Crippen LogP contribution >= 0.6 is 0 Å². The maximum atomic E-state index is 11.0. The molecule has 0 amide bonds. The first kappa shape index (κ1) is 15.3. The normalized spacial score (nSPS) is 22.8. The van der Waals surface area contributed by atoms with Gasteiger partial charge in [0.2, 0.25) is 0 Å². The van der Waals surface area contributed by atoms with Gasteiger partial charge in [0.25, 0.3) is 0 Å². The number of para-hydroxylation sites is 1. The molecule has 0 saturated heterocycles. The van der Waals surface area contributed by atoms with Crippen molar-refractivity contribution in [2.45, 2.75) is 44.9 Å². The van der Waals surface area contributed by atoms with Crippen molar-refractivity contribution in [1.29, 1.82) is 0 Å². The molecule has 122 valence electrons. The largest absolute Gasteiger partial charge is 0.303 e. The molecule has 0 radical (unpaired) electrons. The number of benzene rings is 2. The lowest BCUT2D eigenvalue weighted by Gasteiger charge is -2.26. The predicted molar refractivity (Wildman–Crippen MR) is 98.3 cm³/mol. The Morgan fingerprint density at radius 3 is 2.58 bits per heavy atom. The molecule has 2 aliphatic rings. The quantitative estimate of drug-likeness (QED) is 0.720. The Kier molecular flexibility index (Phi) is 4.05. The van der Waals surface area contributed by atoms with Crippen LogP contribution in [0.1, 0.15) is 53.9 Å². The standard InChI is InChI=1S/C22H23NO/c1-15-6-9-18(17-10-7-16(14-24)8-11-17)12-20(15)22-13-19-4-2-3-5-21(19)23-22/h2-6,9,12,14,16-17H,7-8,10-11,13H2,1H3. The maximum absolute atomic E-state index is 11.0. The Morgan fingerprint density at radius 1 is 1.04 bits per heavy atom. The third-order valence-corrected chi connectivity index (χ3v) is 5.61. The molecule has 4 rings (SSSR count). The van der Waals surface area contributed by atoms with Crippen molar-refractivity contribution in [3.05, 3.63) is 64.7 Å². The van der Waals surface area contributed by atoms with E-state index in [9.17, 15) is 4.79 Å². The number of nitrogens with zero attached hydrogens (tertiary/aromatic N) is 1. The average Bonchev–Trinajstić information content (AvgIpc) is 3.06. The van der Waals surface area contributed by atoms with E-state index < -0.39 is 0 Å². The van der Waals surface area contributed by atoms with Crippen LogP contribution in [0.15, 0.2) is 47.5 Å². The molecular weight excluding hydrogens is 294 g/mol. The fourth-order valence-corrected chi connectivity index (χ4v) is 4.08. The number of aldehydes is 1. The summed E-state index contributed by atoms with van der Waals surface area (Å²) in [6.45, 7) is 2.17. The molecule has 0 N–H and O–H groups in total. The van der Waals surface area contributed by atoms with Gasteiger partial charge in [-0.1, -0.05) is 30.3 Å². The maximum Gasteiger partial charge on any atom is 0.123 e. The van der Waals surface area contributed by atoms with E-state index in [-0.39, 0.29) is 5.92 Å². The lowest BCUT2D eigenvalue weighted by atomic mass is 9.78. The molecule has 2 aromatic rings. The van der Waals surface area contributed by atoms with Gasteiger partial charge in [0.1, 0.15) is 6.29 Å². The Balaban J connectivity index is 1.60. The molecule has 0 aromatic heterocycles. The smallest absolute Gasteiger partial charge is 0.123 e. The summed E-state index contributed by atoms with van der Waals surface area (Å²) in [4.78, 5) is 15.8. The lowest BCUT2D eigenvalue weighted by Crippen LogP contribution is -2.15. The van der Waals surface area contributed by atoms with Gasteiger partial charge in [0.15, 0.2) is 0 Å². The van der Waals surface area contributed by atoms with Gasteiger partial charge in [-0.15, -0.1) is 0 Å². The van der Waals surface area contributed by atoms with Gasteiger partial charge >= 0.3 is 0 Å². The van der Waals surface area contributed by atoms with Crippen LogP contribution in [0.3, 0.4) is 0 Å². The molecule has 0 atom stereocenters. The Hall–Kier alpha value is -2.22. The van der Waals surface area contributed by atoms with Crippen LogP contribution in [0.2, 0.25) is 0 Å². The number of aryl methyl sites for hydroxylation is 1. The predicted octanol–water partition coefficient (Wildman–Crippen LogP) is 5.14. The zero-order chi connectivity index (χ0) is 16.5. The SMILES string of the molecule is Cc1ccc(C2CCC(C=O)CC2)cc1C1=Nc2ccccc2C1. The highest BCUT2D eigenvalue weighted by atomic mass is 16.1. The Labute approximate surface area is 143 Å². The first-order chi connectivity index (χ1) is 11.7. The Morgan fingerprint density at radius 2 is 1.83 bits per heavy atom. The molecular formula is C22H23NO. The molecule has 2 heteroatoms. The van der Waals surface area contributed by atoms with Crippen molar-refractivity contribution >= 4 is 17.7 Å². The molecule has 2 aromatic carbocycles. The van der Waals surface area contributed by atoms with Gasteiger partial charge in [0.05, 0.1) is 11.4 Å². The van der Waals surface area contributed by atoms with Gasteiger partial charge in [-0.05, 0) is 72.9 Å². The molecule has 1 saturated carbocycles. The third kappa shape index (κ3) is 2.82. The molecule has 1 aliphatic heterocycles. The summed E-state index contributed by atoms with van der Waals surface area (Å²) in [7, 11) is 0. The molecule has 0 spiro atoms. The van der Waals surface area contributed by atoms with Gasteiger partial charge in [0, 0.05) is 12.3 Å². The monoisotopic (exact) mass is 317 g/mol. The summed E-state index contributed by atoms with van der Waals surface area (Å²) < 4.78 is 0. The zero-order valence-electron chi connectivity index (χ0n) is 14.2. The topological polar surface area (TPSA) is 29.4 Å². The van der Waals surface area contributed by atoms with E-state index in [1.807, 2.05) is 0 Å². The minimum Gasteiger partial charge on any atom is -0.303 e. The van der Waals surface area contributed by atoms with E-state index in [1.165, 1.54) is 28.0 Å². The van der Waals surface area contributed by atoms with Gasteiger partial charge in [-0.25, -0.2) is 0 Å². The highest BCUT2D eigenvalue weighted by molar-refractivity contribution is 6.07. The number of hydrogen-bond acceptors (Lipinski definition) is 2. The van der Waals surface area contributed by atoms with E-state index in [4.69, 9.17) is 4.99 Å². The first-order valence-corrected chi connectivity index (χ1v) is 8.96. The highest BCUT2D eigenvalue weighted by Crippen LogP contribution is 2.36. The van der Waals surface area contributed by atoms with Crippen molar-refractivity contribution in [2.75, 3.05) is 0 Å². The molecule has 0 unspecified atom stereocenters. The molecule has 1 fully saturated rings. The van der Waals surface area contributed by atoms with Gasteiger partial charge in [-0.3, -0.25) is 4.99 Å². The lowest BCUT2D eigenvalue weighted by molar-refractivity contribution is -0.111. The van der Waals surface area contributed by atoms with E-state index in [0.29, 0.717) is 5.92 Å². The van der Waals surface area contributed by atoms with Crippen LogP contribution < -0.4 is 0 Å². The molecule has 24 heavy (non-hydrogen) atoms. The molecule has 1 aliphatic carbocycles. The summed E-state index contributed by atoms with van der Waals surface area (Å²) in [5, 5.41) is 0. The summed E-state index contributed by atoms with van der Waals surface area (Å²) in [5.41, 5.74) is 7.64. The van der Waals surface area contributed by atoms with E-state index in [0.717, 1.165) is 44.1 Å². The van der Waals surface area contributed by atoms with Crippen molar-refractivity contribution in [2.24, 2.45) is 10.9 Å². The van der Waals surface area contributed by atoms with Crippen molar-refractivity contribution in [3.63, 3.8) is 0 Å². The van der Waals surface area contributed by atoms with E-state index >= 15 is 0 Å². The van der Waals surface area contributed by atoms with Gasteiger partial charge in [-0.2, -0.15) is 0 Å². The van der Waals surface area contributed by atoms with Crippen LogP contribution in [0, 0.1) is 12.8 Å². The molecule has 0 bridgehead atoms. The fraction of sp³-hybridized carbons (Fsp3) is 0.364. The van der Waals surface area contributed by atoms with Crippen molar-refractivity contribution in [3.8, 4) is 0 Å². The van der Waals surface area contributed by atoms with Crippen molar-refractivity contribution in [1.82, 2.24) is 0 Å². The first-order valence-electron chi connectivity index (χ1n) is 8.96. The number of carbonyl (C=O) groups excluding carboxylic acids is 1. The van der Waals surface area contributed by atoms with Crippen LogP contribution in [0.5, 0.6) is 0 Å². The third-order valence-electron chi connectivity index (χ3n) is 5.61. The van der Waals surface area contributed by atoms with E-state index in [2.05, 4.69) is 49.4 Å². The zero-order valence-corrected chi connectivity index (χ0v) is 14.2. The second-order valence-electron chi connectivity index (χ2n) is 7.19. The average molecular weight is 317 g/mol. The number of aliphatic imine (C=N–C) groups is 1. The number of fused-ring (bicyclic) bond motifs is 1. The van der Waals surface area contributed by atoms with Crippen LogP contribution in [-0.2, 0) is 11.2 Å². The van der Waals surface area contributed by atoms with E-state index in [1.54, 1.807) is 0 Å². The minimum atomic E-state index is 0.278. The summed E-state index contributed by atoms with van der Waals surface area (Å²) in [5.74, 6) is 0.866. The van der Waals surface area contributed by atoms with Gasteiger partial charge < -0.3 is 4.79 Å². The summed E-state index contributed by atoms with van der Waals surface area (Å²) in [6, 6.07) is 15.3. The number of rotatable bonds is 3. The number of hydrogen-bond donors (Lipinski definition) is 0. The summed E-state index contributed by atoms with van der Waals surface area (Å²) in [6.07, 6.45) is 6.38.